The van der Waals surface area contributed by atoms with Crippen LogP contribution in [0.3, 0.4) is 0 Å². The van der Waals surface area contributed by atoms with Crippen LogP contribution in [0.15, 0.2) is 197 Å². The molecular formula is C50H31NO2. The zero-order valence-corrected chi connectivity index (χ0v) is 28.7. The van der Waals surface area contributed by atoms with Crippen molar-refractivity contribution in [3.63, 3.8) is 0 Å². The standard InChI is InChI=1S/C50H31NO2/c1-2-12-33(13-3-1)38-27-28-44(50-49(38)42-19-9-11-21-47(42)53-50)51(45-31-35-14-4-5-15-37(35)39-16-6-7-17-40(39)45)36-25-22-32(23-26-36)34-24-29-48-43(30-34)41-18-8-10-20-46(41)52-48/h1-31H. The summed E-state index contributed by atoms with van der Waals surface area (Å²) in [6.07, 6.45) is 0. The lowest BCUT2D eigenvalue weighted by molar-refractivity contribution is 0.668. The molecule has 0 aliphatic rings. The Morgan fingerprint density at radius 1 is 0.340 bits per heavy atom. The van der Waals surface area contributed by atoms with E-state index in [0.717, 1.165) is 83.2 Å². The Hall–Kier alpha value is -7.10. The molecule has 3 heteroatoms. The Morgan fingerprint density at radius 3 is 1.77 bits per heavy atom. The first kappa shape index (κ1) is 29.6. The predicted molar refractivity (Wildman–Crippen MR) is 222 cm³/mol. The Labute approximate surface area is 305 Å². The minimum Gasteiger partial charge on any atom is -0.456 e. The van der Waals surface area contributed by atoms with Gasteiger partial charge < -0.3 is 13.7 Å². The Balaban J connectivity index is 1.16. The summed E-state index contributed by atoms with van der Waals surface area (Å²) < 4.78 is 13.0. The maximum absolute atomic E-state index is 6.88. The number of anilines is 3. The van der Waals surface area contributed by atoms with Crippen LogP contribution in [-0.4, -0.2) is 0 Å². The van der Waals surface area contributed by atoms with E-state index in [1.54, 1.807) is 0 Å². The Kier molecular flexibility index (Phi) is 6.55. The highest BCUT2D eigenvalue weighted by atomic mass is 16.3. The van der Waals surface area contributed by atoms with E-state index in [4.69, 9.17) is 8.83 Å². The molecule has 0 amide bonds. The van der Waals surface area contributed by atoms with Gasteiger partial charge in [0, 0.05) is 32.6 Å². The first-order valence-electron chi connectivity index (χ1n) is 18.0. The van der Waals surface area contributed by atoms with Crippen LogP contribution < -0.4 is 4.90 Å². The molecule has 0 bridgehead atoms. The molecule has 0 saturated heterocycles. The van der Waals surface area contributed by atoms with Crippen LogP contribution in [0.25, 0.3) is 87.7 Å². The molecule has 2 aromatic heterocycles. The second-order valence-corrected chi connectivity index (χ2v) is 13.7. The number of hydrogen-bond acceptors (Lipinski definition) is 3. The first-order valence-corrected chi connectivity index (χ1v) is 18.0. The quantitative estimate of drug-likeness (QED) is 0.170. The topological polar surface area (TPSA) is 29.5 Å². The normalized spacial score (nSPS) is 11.8. The smallest absolute Gasteiger partial charge is 0.160 e. The average molecular weight is 678 g/mol. The number of para-hydroxylation sites is 2. The minimum atomic E-state index is 0.853. The van der Waals surface area contributed by atoms with Crippen LogP contribution in [0.4, 0.5) is 17.1 Å². The molecule has 11 rings (SSSR count). The number of hydrogen-bond donors (Lipinski definition) is 0. The third kappa shape index (κ3) is 4.68. The zero-order chi connectivity index (χ0) is 34.9. The average Bonchev–Trinajstić information content (AvgIpc) is 3.81. The van der Waals surface area contributed by atoms with Crippen LogP contribution in [0.5, 0.6) is 0 Å². The van der Waals surface area contributed by atoms with Crippen molar-refractivity contribution in [2.75, 3.05) is 4.90 Å². The molecule has 0 aliphatic heterocycles. The van der Waals surface area contributed by atoms with Crippen LogP contribution in [-0.2, 0) is 0 Å². The molecule has 0 spiro atoms. The molecular weight excluding hydrogens is 647 g/mol. The van der Waals surface area contributed by atoms with Gasteiger partial charge in [0.2, 0.25) is 0 Å². The predicted octanol–water partition coefficient (Wildman–Crippen LogP) is 14.6. The fourth-order valence-electron chi connectivity index (χ4n) is 8.18. The van der Waals surface area contributed by atoms with Crippen molar-refractivity contribution in [3.8, 4) is 22.3 Å². The van der Waals surface area contributed by atoms with E-state index in [9.17, 15) is 0 Å². The van der Waals surface area contributed by atoms with Gasteiger partial charge in [0.05, 0.1) is 11.4 Å². The van der Waals surface area contributed by atoms with Gasteiger partial charge in [-0.3, -0.25) is 0 Å². The molecule has 0 saturated carbocycles. The maximum atomic E-state index is 6.88. The Bertz CT molecular complexity index is 3170. The maximum Gasteiger partial charge on any atom is 0.160 e. The summed E-state index contributed by atoms with van der Waals surface area (Å²) in [5.41, 5.74) is 11.2. The van der Waals surface area contributed by atoms with Gasteiger partial charge in [0.1, 0.15) is 16.7 Å². The minimum absolute atomic E-state index is 0.853. The summed E-state index contributed by atoms with van der Waals surface area (Å²) in [6.45, 7) is 0. The van der Waals surface area contributed by atoms with Crippen LogP contribution >= 0.6 is 0 Å². The highest BCUT2D eigenvalue weighted by molar-refractivity contribution is 6.19. The summed E-state index contributed by atoms with van der Waals surface area (Å²) in [7, 11) is 0. The second-order valence-electron chi connectivity index (χ2n) is 13.7. The van der Waals surface area contributed by atoms with Crippen molar-refractivity contribution in [2.24, 2.45) is 0 Å². The molecule has 0 atom stereocenters. The van der Waals surface area contributed by atoms with E-state index in [1.165, 1.54) is 21.5 Å². The van der Waals surface area contributed by atoms with E-state index in [0.29, 0.717) is 0 Å². The van der Waals surface area contributed by atoms with Gasteiger partial charge in [0.25, 0.3) is 0 Å². The summed E-state index contributed by atoms with van der Waals surface area (Å²) in [4.78, 5) is 2.38. The van der Waals surface area contributed by atoms with Crippen LogP contribution in [0, 0.1) is 0 Å². The number of nitrogens with zero attached hydrogens (tertiary/aromatic N) is 1. The molecule has 11 aromatic rings. The van der Waals surface area contributed by atoms with Gasteiger partial charge in [-0.15, -0.1) is 0 Å². The SMILES string of the molecule is c1ccc(-c2ccc(N(c3ccc(-c4ccc5oc6ccccc6c5c4)cc3)c3cc4ccccc4c4ccccc34)c3oc4ccccc4c23)cc1. The van der Waals surface area contributed by atoms with Crippen molar-refractivity contribution in [3.05, 3.63) is 188 Å². The van der Waals surface area contributed by atoms with E-state index < -0.39 is 0 Å². The molecule has 9 aromatic carbocycles. The zero-order valence-electron chi connectivity index (χ0n) is 28.7. The van der Waals surface area contributed by atoms with E-state index in [-0.39, 0.29) is 0 Å². The van der Waals surface area contributed by atoms with Crippen molar-refractivity contribution in [1.29, 1.82) is 0 Å². The molecule has 2 heterocycles. The van der Waals surface area contributed by atoms with Crippen LogP contribution in [0.2, 0.25) is 0 Å². The van der Waals surface area contributed by atoms with Crippen LogP contribution in [0.1, 0.15) is 0 Å². The molecule has 3 nitrogen and oxygen atoms in total. The van der Waals surface area contributed by atoms with Crippen molar-refractivity contribution in [1.82, 2.24) is 0 Å². The molecule has 0 radical (unpaired) electrons. The van der Waals surface area contributed by atoms with Crippen molar-refractivity contribution in [2.45, 2.75) is 0 Å². The Morgan fingerprint density at radius 2 is 0.962 bits per heavy atom. The molecule has 0 N–H and O–H groups in total. The lowest BCUT2D eigenvalue weighted by Crippen LogP contribution is -2.11. The highest BCUT2D eigenvalue weighted by Gasteiger charge is 2.24. The first-order chi connectivity index (χ1) is 26.3. The van der Waals surface area contributed by atoms with Crippen molar-refractivity contribution >= 4 is 82.5 Å². The third-order valence-corrected chi connectivity index (χ3v) is 10.7. The van der Waals surface area contributed by atoms with Gasteiger partial charge in [-0.2, -0.15) is 0 Å². The van der Waals surface area contributed by atoms with E-state index >= 15 is 0 Å². The monoisotopic (exact) mass is 677 g/mol. The summed E-state index contributed by atoms with van der Waals surface area (Å²) in [6, 6.07) is 66.8. The third-order valence-electron chi connectivity index (χ3n) is 10.7. The summed E-state index contributed by atoms with van der Waals surface area (Å²) >= 11 is 0. The lowest BCUT2D eigenvalue weighted by Gasteiger charge is -2.28. The van der Waals surface area contributed by atoms with Crippen molar-refractivity contribution < 1.29 is 8.83 Å². The number of furan rings is 2. The van der Waals surface area contributed by atoms with Gasteiger partial charge in [-0.25, -0.2) is 0 Å². The largest absolute Gasteiger partial charge is 0.456 e. The summed E-state index contributed by atoms with van der Waals surface area (Å²) in [5.74, 6) is 0. The molecule has 53 heavy (non-hydrogen) atoms. The van der Waals surface area contributed by atoms with E-state index in [1.807, 2.05) is 18.2 Å². The number of fused-ring (bicyclic) bond motifs is 9. The lowest BCUT2D eigenvalue weighted by atomic mass is 9.96. The molecule has 0 fully saturated rings. The number of benzene rings is 9. The molecule has 0 aliphatic carbocycles. The van der Waals surface area contributed by atoms with E-state index in [2.05, 4.69) is 175 Å². The van der Waals surface area contributed by atoms with Gasteiger partial charge >= 0.3 is 0 Å². The van der Waals surface area contributed by atoms with Gasteiger partial charge in [-0.05, 0) is 86.9 Å². The fourth-order valence-corrected chi connectivity index (χ4v) is 8.18. The summed E-state index contributed by atoms with van der Waals surface area (Å²) in [5, 5.41) is 9.26. The van der Waals surface area contributed by atoms with Gasteiger partial charge in [0.15, 0.2) is 5.58 Å². The highest BCUT2D eigenvalue weighted by Crippen LogP contribution is 2.48. The molecule has 248 valence electrons. The second kappa shape index (κ2) is 11.7. The number of rotatable bonds is 5. The molecule has 0 unspecified atom stereocenters. The fraction of sp³-hybridized carbons (Fsp3) is 0. The van der Waals surface area contributed by atoms with Gasteiger partial charge in [-0.1, -0.05) is 140 Å².